The van der Waals surface area contributed by atoms with Crippen molar-refractivity contribution in [3.63, 3.8) is 0 Å². The van der Waals surface area contributed by atoms with Gasteiger partial charge in [0.05, 0.1) is 10.5 Å². The summed E-state index contributed by atoms with van der Waals surface area (Å²) >= 11 is 6.99. The molecular formula is C27H42Cl2N4O3. The lowest BCUT2D eigenvalue weighted by Crippen LogP contribution is -2.52. The molecule has 0 unspecified atom stereocenters. The van der Waals surface area contributed by atoms with E-state index in [4.69, 9.17) is 16.3 Å². The van der Waals surface area contributed by atoms with Crippen LogP contribution in [0, 0.1) is 0 Å². The fourth-order valence-electron chi connectivity index (χ4n) is 5.08. The smallest absolute Gasteiger partial charge is 0.272 e. The number of hydrogen-bond acceptors (Lipinski definition) is 4. The van der Waals surface area contributed by atoms with Crippen LogP contribution < -0.4 is 5.32 Å². The van der Waals surface area contributed by atoms with Crippen LogP contribution in [-0.4, -0.2) is 79.2 Å². The van der Waals surface area contributed by atoms with E-state index in [1.54, 1.807) is 26.1 Å². The van der Waals surface area contributed by atoms with Crippen LogP contribution in [0.5, 0.6) is 0 Å². The van der Waals surface area contributed by atoms with Crippen LogP contribution in [0.2, 0.25) is 5.02 Å². The van der Waals surface area contributed by atoms with E-state index in [-0.39, 0.29) is 36.3 Å². The molecule has 1 N–H and O–H groups in total. The lowest BCUT2D eigenvalue weighted by Gasteiger charge is -2.38. The molecule has 1 fully saturated rings. The number of benzene rings is 1. The Morgan fingerprint density at radius 1 is 1.25 bits per heavy atom. The minimum absolute atomic E-state index is 0. The van der Waals surface area contributed by atoms with Crippen LogP contribution >= 0.6 is 24.0 Å². The molecule has 0 bridgehead atoms. The lowest BCUT2D eigenvalue weighted by atomic mass is 10.0. The zero-order valence-corrected chi connectivity index (χ0v) is 23.9. The number of hydrogen-bond donors (Lipinski definition) is 1. The molecule has 1 aliphatic heterocycles. The van der Waals surface area contributed by atoms with Crippen LogP contribution in [0.15, 0.2) is 18.2 Å². The summed E-state index contributed by atoms with van der Waals surface area (Å²) in [6.45, 7) is 7.28. The van der Waals surface area contributed by atoms with E-state index in [1.807, 2.05) is 23.1 Å². The number of amides is 2. The van der Waals surface area contributed by atoms with Crippen molar-refractivity contribution < 1.29 is 14.3 Å². The maximum Gasteiger partial charge on any atom is 0.272 e. The summed E-state index contributed by atoms with van der Waals surface area (Å²) in [5, 5.41) is 4.83. The van der Waals surface area contributed by atoms with E-state index in [0.29, 0.717) is 36.7 Å². The molecule has 1 aromatic carbocycles. The molecule has 0 radical (unpaired) electrons. The SMILES string of the molecule is COCCCCn1c(C(=O)N(C(C)C)[C@@H]2CCCNC2)c(Cl)c2cccc(CCC(=O)N(C)C)c21.Cl. The summed E-state index contributed by atoms with van der Waals surface area (Å²) in [4.78, 5) is 30.1. The van der Waals surface area contributed by atoms with Gasteiger partial charge in [-0.15, -0.1) is 12.4 Å². The second kappa shape index (κ2) is 14.2. The minimum atomic E-state index is -0.0167. The topological polar surface area (TPSA) is 66.8 Å². The van der Waals surface area contributed by atoms with Gasteiger partial charge in [0.1, 0.15) is 5.69 Å². The van der Waals surface area contributed by atoms with Gasteiger partial charge < -0.3 is 24.4 Å². The van der Waals surface area contributed by atoms with E-state index < -0.39 is 0 Å². The number of fused-ring (bicyclic) bond motifs is 1. The van der Waals surface area contributed by atoms with Gasteiger partial charge in [0.2, 0.25) is 5.91 Å². The van der Waals surface area contributed by atoms with Gasteiger partial charge >= 0.3 is 0 Å². The molecule has 202 valence electrons. The van der Waals surface area contributed by atoms with E-state index in [0.717, 1.165) is 55.2 Å². The molecule has 1 atom stereocenters. The third-order valence-electron chi connectivity index (χ3n) is 6.85. The fraction of sp³-hybridized carbons (Fsp3) is 0.630. The molecule has 1 saturated heterocycles. The highest BCUT2D eigenvalue weighted by atomic mass is 35.5. The number of carbonyl (C=O) groups is 2. The molecule has 7 nitrogen and oxygen atoms in total. The summed E-state index contributed by atoms with van der Waals surface area (Å²) in [5.74, 6) is 0.0651. The standard InChI is InChI=1S/C27H41ClN4O3.ClH/c1-19(2)32(21-11-9-15-29-18-21)27(34)26-24(28)22-12-8-10-20(13-14-23(33)30(3)4)25(22)31(26)16-6-7-17-35-5;/h8,10,12,19,21,29H,6-7,9,11,13-18H2,1-5H3;1H/t21-;/m1./s1. The molecule has 0 spiro atoms. The van der Waals surface area contributed by atoms with Crippen molar-refractivity contribution in [2.45, 2.75) is 71.0 Å². The molecule has 3 rings (SSSR count). The van der Waals surface area contributed by atoms with Crippen LogP contribution in [-0.2, 0) is 22.5 Å². The molecule has 1 aliphatic rings. The average molecular weight is 542 g/mol. The molecular weight excluding hydrogens is 499 g/mol. The highest BCUT2D eigenvalue weighted by Gasteiger charge is 2.33. The molecule has 0 saturated carbocycles. The molecule has 0 aliphatic carbocycles. The largest absolute Gasteiger partial charge is 0.385 e. The second-order valence-corrected chi connectivity index (χ2v) is 10.3. The Kier molecular flexibility index (Phi) is 12.0. The number of para-hydroxylation sites is 1. The molecule has 2 heterocycles. The summed E-state index contributed by atoms with van der Waals surface area (Å²) < 4.78 is 7.36. The average Bonchev–Trinajstić information content (AvgIpc) is 3.12. The molecule has 9 heteroatoms. The number of unbranched alkanes of at least 4 members (excludes halogenated alkanes) is 1. The number of nitrogens with zero attached hydrogens (tertiary/aromatic N) is 3. The lowest BCUT2D eigenvalue weighted by molar-refractivity contribution is -0.128. The number of carbonyl (C=O) groups excluding carboxylic acids is 2. The number of aryl methyl sites for hydroxylation is 2. The van der Waals surface area contributed by atoms with Gasteiger partial charge in [-0.25, -0.2) is 0 Å². The monoisotopic (exact) mass is 540 g/mol. The van der Waals surface area contributed by atoms with Crippen molar-refractivity contribution in [3.05, 3.63) is 34.5 Å². The van der Waals surface area contributed by atoms with Crippen LogP contribution in [0.3, 0.4) is 0 Å². The van der Waals surface area contributed by atoms with Gasteiger partial charge in [-0.2, -0.15) is 0 Å². The Morgan fingerprint density at radius 2 is 2.00 bits per heavy atom. The van der Waals surface area contributed by atoms with Crippen molar-refractivity contribution >= 4 is 46.7 Å². The Morgan fingerprint density at radius 3 is 2.61 bits per heavy atom. The van der Waals surface area contributed by atoms with Gasteiger partial charge in [-0.3, -0.25) is 9.59 Å². The van der Waals surface area contributed by atoms with E-state index in [2.05, 4.69) is 23.7 Å². The summed E-state index contributed by atoms with van der Waals surface area (Å²) in [7, 11) is 5.25. The van der Waals surface area contributed by atoms with Gasteiger partial charge in [-0.1, -0.05) is 29.8 Å². The minimum Gasteiger partial charge on any atom is -0.385 e. The highest BCUT2D eigenvalue weighted by Crippen LogP contribution is 2.35. The van der Waals surface area contributed by atoms with Crippen LogP contribution in [0.25, 0.3) is 10.9 Å². The quantitative estimate of drug-likeness (QED) is 0.417. The first-order chi connectivity index (χ1) is 16.8. The molecule has 1 aromatic heterocycles. The number of rotatable bonds is 11. The number of piperidine rings is 1. The third-order valence-corrected chi connectivity index (χ3v) is 7.23. The van der Waals surface area contributed by atoms with Crippen LogP contribution in [0.4, 0.5) is 0 Å². The summed E-state index contributed by atoms with van der Waals surface area (Å²) in [6, 6.07) is 6.20. The van der Waals surface area contributed by atoms with Gasteiger partial charge in [0.15, 0.2) is 0 Å². The second-order valence-electron chi connectivity index (χ2n) is 9.92. The predicted molar refractivity (Wildman–Crippen MR) is 150 cm³/mol. The van der Waals surface area contributed by atoms with Gasteiger partial charge in [0.25, 0.3) is 5.91 Å². The number of nitrogens with one attached hydrogen (secondary N) is 1. The zero-order valence-electron chi connectivity index (χ0n) is 22.3. The maximum atomic E-state index is 14.2. The van der Waals surface area contributed by atoms with Crippen molar-refractivity contribution in [2.24, 2.45) is 0 Å². The number of aromatic nitrogens is 1. The van der Waals surface area contributed by atoms with Crippen molar-refractivity contribution in [1.82, 2.24) is 19.7 Å². The van der Waals surface area contributed by atoms with Gasteiger partial charge in [0, 0.05) is 64.8 Å². The molecule has 36 heavy (non-hydrogen) atoms. The summed E-state index contributed by atoms with van der Waals surface area (Å²) in [6.07, 6.45) is 4.81. The molecule has 2 amide bonds. The first-order valence-electron chi connectivity index (χ1n) is 12.8. The highest BCUT2D eigenvalue weighted by molar-refractivity contribution is 6.39. The Hall–Kier alpha value is -1.80. The fourth-order valence-corrected chi connectivity index (χ4v) is 5.41. The van der Waals surface area contributed by atoms with E-state index in [1.165, 1.54) is 0 Å². The van der Waals surface area contributed by atoms with E-state index in [9.17, 15) is 9.59 Å². The Bertz CT molecular complexity index is 1020. The Balaban J connectivity index is 0.00000456. The number of halogens is 2. The zero-order chi connectivity index (χ0) is 25.5. The van der Waals surface area contributed by atoms with Crippen molar-refractivity contribution in [2.75, 3.05) is 40.9 Å². The molecule has 2 aromatic rings. The van der Waals surface area contributed by atoms with Crippen molar-refractivity contribution in [1.29, 1.82) is 0 Å². The number of ether oxygens (including phenoxy) is 1. The number of methoxy groups -OCH3 is 1. The Labute approximate surface area is 226 Å². The third kappa shape index (κ3) is 6.94. The first kappa shape index (κ1) is 30.4. The van der Waals surface area contributed by atoms with E-state index >= 15 is 0 Å². The van der Waals surface area contributed by atoms with Crippen LogP contribution in [0.1, 0.15) is 62.0 Å². The first-order valence-corrected chi connectivity index (χ1v) is 13.2. The summed E-state index contributed by atoms with van der Waals surface area (Å²) in [5.41, 5.74) is 2.57. The normalized spacial score (nSPS) is 15.7. The predicted octanol–water partition coefficient (Wildman–Crippen LogP) is 4.77. The maximum absolute atomic E-state index is 14.2. The van der Waals surface area contributed by atoms with Crippen molar-refractivity contribution in [3.8, 4) is 0 Å². The van der Waals surface area contributed by atoms with Gasteiger partial charge in [-0.05, 0) is 58.1 Å².